The van der Waals surface area contributed by atoms with Gasteiger partial charge in [0.1, 0.15) is 11.9 Å². The molecule has 0 bridgehead atoms. The molecule has 2 aromatic carbocycles. The van der Waals surface area contributed by atoms with Crippen molar-refractivity contribution in [3.63, 3.8) is 0 Å². The molecule has 0 saturated carbocycles. The number of aromatic nitrogens is 1. The molecule has 0 fully saturated rings. The molecule has 0 radical (unpaired) electrons. The molecule has 0 aliphatic carbocycles. The van der Waals surface area contributed by atoms with E-state index in [2.05, 4.69) is 11.1 Å². The Balaban J connectivity index is 2.32. The Morgan fingerprint density at radius 2 is 1.87 bits per heavy atom. The van der Waals surface area contributed by atoms with Gasteiger partial charge in [-0.1, -0.05) is 31.5 Å². The summed E-state index contributed by atoms with van der Waals surface area (Å²) in [4.78, 5) is 4.39. The molecule has 3 aromatic rings. The van der Waals surface area contributed by atoms with E-state index in [1.165, 1.54) is 36.4 Å². The summed E-state index contributed by atoms with van der Waals surface area (Å²) >= 11 is 0. The first-order valence-electron chi connectivity index (χ1n) is 9.31. The summed E-state index contributed by atoms with van der Waals surface area (Å²) in [6.07, 6.45) is 1.74. The van der Waals surface area contributed by atoms with Gasteiger partial charge in [0.25, 0.3) is 0 Å². The Morgan fingerprint density at radius 1 is 1.17 bits per heavy atom. The van der Waals surface area contributed by atoms with Crippen molar-refractivity contribution in [3.05, 3.63) is 66.0 Å². The largest absolute Gasteiger partial charge is 0.478 e. The summed E-state index contributed by atoms with van der Waals surface area (Å²) in [5.41, 5.74) is 1.51. The molecule has 30 heavy (non-hydrogen) atoms. The SMILES string of the molecule is CCCCOc1cc(C#N)c(-c2ccccc2S(N)(=O)=O)c(-c2ccc(F)cc2)n1. The van der Waals surface area contributed by atoms with E-state index in [-0.39, 0.29) is 27.5 Å². The van der Waals surface area contributed by atoms with E-state index < -0.39 is 15.8 Å². The van der Waals surface area contributed by atoms with Crippen molar-refractivity contribution in [1.82, 2.24) is 4.98 Å². The third-order valence-electron chi connectivity index (χ3n) is 4.44. The van der Waals surface area contributed by atoms with E-state index in [9.17, 15) is 18.1 Å². The highest BCUT2D eigenvalue weighted by Gasteiger charge is 2.23. The van der Waals surface area contributed by atoms with Crippen molar-refractivity contribution >= 4 is 10.0 Å². The molecule has 0 aliphatic rings. The van der Waals surface area contributed by atoms with E-state index in [1.54, 1.807) is 18.2 Å². The van der Waals surface area contributed by atoms with Gasteiger partial charge >= 0.3 is 0 Å². The van der Waals surface area contributed by atoms with Crippen molar-refractivity contribution in [2.45, 2.75) is 24.7 Å². The van der Waals surface area contributed by atoms with Crippen molar-refractivity contribution < 1.29 is 17.5 Å². The van der Waals surface area contributed by atoms with Crippen LogP contribution >= 0.6 is 0 Å². The number of ether oxygens (including phenoxy) is 1. The molecule has 0 atom stereocenters. The molecule has 0 spiro atoms. The van der Waals surface area contributed by atoms with Crippen LogP contribution in [0.5, 0.6) is 5.88 Å². The minimum atomic E-state index is -4.07. The number of hydrogen-bond acceptors (Lipinski definition) is 5. The van der Waals surface area contributed by atoms with Crippen LogP contribution in [0.25, 0.3) is 22.4 Å². The van der Waals surface area contributed by atoms with Crippen LogP contribution in [0.1, 0.15) is 25.3 Å². The molecule has 3 rings (SSSR count). The maximum absolute atomic E-state index is 13.5. The Morgan fingerprint density at radius 3 is 2.50 bits per heavy atom. The van der Waals surface area contributed by atoms with Gasteiger partial charge in [0, 0.05) is 22.8 Å². The van der Waals surface area contributed by atoms with E-state index in [4.69, 9.17) is 9.88 Å². The second-order valence-electron chi connectivity index (χ2n) is 6.59. The average molecular weight is 425 g/mol. The van der Waals surface area contributed by atoms with Crippen LogP contribution in [0.3, 0.4) is 0 Å². The van der Waals surface area contributed by atoms with Crippen molar-refractivity contribution in [1.29, 1.82) is 5.26 Å². The highest BCUT2D eigenvalue weighted by atomic mass is 32.2. The highest BCUT2D eigenvalue weighted by molar-refractivity contribution is 7.89. The molecule has 1 heterocycles. The standard InChI is InChI=1S/C22H20FN3O3S/c1-2-3-12-29-20-13-16(14-24)21(18-6-4-5-7-19(18)30(25,27)28)22(26-20)15-8-10-17(23)11-9-15/h4-11,13H,2-3,12H2,1H3,(H2,25,27,28). The third kappa shape index (κ3) is 4.64. The number of nitrogens with zero attached hydrogens (tertiary/aromatic N) is 2. The number of hydrogen-bond donors (Lipinski definition) is 1. The molecule has 8 heteroatoms. The van der Waals surface area contributed by atoms with Crippen LogP contribution in [0.15, 0.2) is 59.5 Å². The van der Waals surface area contributed by atoms with Gasteiger partial charge in [0.05, 0.1) is 22.8 Å². The molecule has 1 aromatic heterocycles. The maximum Gasteiger partial charge on any atom is 0.238 e. The second kappa shape index (κ2) is 9.03. The fraction of sp³-hybridized carbons (Fsp3) is 0.182. The lowest BCUT2D eigenvalue weighted by Crippen LogP contribution is -2.14. The normalized spacial score (nSPS) is 11.1. The van der Waals surface area contributed by atoms with Crippen LogP contribution in [0.2, 0.25) is 0 Å². The van der Waals surface area contributed by atoms with Crippen LogP contribution in [0.4, 0.5) is 4.39 Å². The van der Waals surface area contributed by atoms with Gasteiger partial charge in [0.2, 0.25) is 15.9 Å². The summed E-state index contributed by atoms with van der Waals surface area (Å²) in [7, 11) is -4.07. The molecular weight excluding hydrogens is 405 g/mol. The van der Waals surface area contributed by atoms with Crippen molar-refractivity contribution in [2.75, 3.05) is 6.61 Å². The minimum absolute atomic E-state index is 0.133. The molecule has 6 nitrogen and oxygen atoms in total. The number of halogens is 1. The molecule has 154 valence electrons. The van der Waals surface area contributed by atoms with Gasteiger partial charge < -0.3 is 4.74 Å². The Hall–Kier alpha value is -3.28. The first-order valence-corrected chi connectivity index (χ1v) is 10.9. The number of rotatable bonds is 7. The molecule has 0 amide bonds. The monoisotopic (exact) mass is 425 g/mol. The predicted molar refractivity (Wildman–Crippen MR) is 112 cm³/mol. The number of unbranched alkanes of at least 4 members (excludes halogenated alkanes) is 1. The highest BCUT2D eigenvalue weighted by Crippen LogP contribution is 2.38. The van der Waals surface area contributed by atoms with Crippen molar-refractivity contribution in [3.8, 4) is 34.3 Å². The summed E-state index contributed by atoms with van der Waals surface area (Å²) in [6.45, 7) is 2.44. The predicted octanol–water partition coefficient (Wildman–Crippen LogP) is 4.25. The van der Waals surface area contributed by atoms with E-state index >= 15 is 0 Å². The summed E-state index contributed by atoms with van der Waals surface area (Å²) in [5, 5.41) is 15.2. The molecule has 0 unspecified atom stereocenters. The molecular formula is C22H20FN3O3S. The zero-order valence-corrected chi connectivity index (χ0v) is 17.1. The van der Waals surface area contributed by atoms with E-state index in [0.717, 1.165) is 12.8 Å². The quantitative estimate of drug-likeness (QED) is 0.570. The van der Waals surface area contributed by atoms with E-state index in [0.29, 0.717) is 17.9 Å². The lowest BCUT2D eigenvalue weighted by atomic mass is 9.95. The van der Waals surface area contributed by atoms with Crippen LogP contribution in [-0.2, 0) is 10.0 Å². The second-order valence-corrected chi connectivity index (χ2v) is 8.12. The van der Waals surface area contributed by atoms with Gasteiger partial charge in [-0.05, 0) is 36.8 Å². The van der Waals surface area contributed by atoms with E-state index in [1.807, 2.05) is 6.92 Å². The molecule has 0 aliphatic heterocycles. The Bertz CT molecular complexity index is 1200. The van der Waals surface area contributed by atoms with Gasteiger partial charge in [-0.3, -0.25) is 0 Å². The van der Waals surface area contributed by atoms with Gasteiger partial charge in [-0.15, -0.1) is 0 Å². The molecule has 2 N–H and O–H groups in total. The topological polar surface area (TPSA) is 106 Å². The summed E-state index contributed by atoms with van der Waals surface area (Å²) in [6, 6.07) is 15.2. The molecule has 0 saturated heterocycles. The lowest BCUT2D eigenvalue weighted by molar-refractivity contribution is 0.298. The average Bonchev–Trinajstić information content (AvgIpc) is 2.73. The minimum Gasteiger partial charge on any atom is -0.478 e. The third-order valence-corrected chi connectivity index (χ3v) is 5.41. The van der Waals surface area contributed by atoms with Gasteiger partial charge in [0.15, 0.2) is 0 Å². The number of pyridine rings is 1. The Kier molecular flexibility index (Phi) is 6.45. The van der Waals surface area contributed by atoms with Gasteiger partial charge in [-0.25, -0.2) is 22.9 Å². The number of benzene rings is 2. The zero-order chi connectivity index (χ0) is 21.7. The number of sulfonamides is 1. The van der Waals surface area contributed by atoms with Crippen LogP contribution in [-0.4, -0.2) is 20.0 Å². The fourth-order valence-electron chi connectivity index (χ4n) is 3.02. The smallest absolute Gasteiger partial charge is 0.238 e. The number of nitriles is 1. The number of primary sulfonamides is 1. The van der Waals surface area contributed by atoms with Gasteiger partial charge in [-0.2, -0.15) is 5.26 Å². The number of nitrogens with two attached hydrogens (primary N) is 1. The van der Waals surface area contributed by atoms with Crippen molar-refractivity contribution in [2.24, 2.45) is 5.14 Å². The first kappa shape index (κ1) is 21.4. The Labute approximate surface area is 174 Å². The zero-order valence-electron chi connectivity index (χ0n) is 16.3. The maximum atomic E-state index is 13.5. The lowest BCUT2D eigenvalue weighted by Gasteiger charge is -2.16. The van der Waals surface area contributed by atoms with Crippen LogP contribution < -0.4 is 9.88 Å². The summed E-state index contributed by atoms with van der Waals surface area (Å²) in [5.74, 6) is -0.197. The van der Waals surface area contributed by atoms with Crippen LogP contribution in [0, 0.1) is 17.1 Å². The fourth-order valence-corrected chi connectivity index (χ4v) is 3.76. The first-order chi connectivity index (χ1) is 14.3. The summed E-state index contributed by atoms with van der Waals surface area (Å²) < 4.78 is 43.5.